The van der Waals surface area contributed by atoms with Gasteiger partial charge in [-0.25, -0.2) is 0 Å². The SMILES string of the molecule is CCNC(CCN1CCCC(C)CC1)c1ccccc1Br. The van der Waals surface area contributed by atoms with E-state index in [0.29, 0.717) is 6.04 Å². The summed E-state index contributed by atoms with van der Waals surface area (Å²) in [5.41, 5.74) is 1.39. The zero-order chi connectivity index (χ0) is 15.1. The van der Waals surface area contributed by atoms with Crippen LogP contribution in [0, 0.1) is 5.92 Å². The van der Waals surface area contributed by atoms with E-state index in [9.17, 15) is 0 Å². The van der Waals surface area contributed by atoms with E-state index in [-0.39, 0.29) is 0 Å². The fourth-order valence-corrected chi connectivity index (χ4v) is 3.79. The maximum absolute atomic E-state index is 3.70. The Morgan fingerprint density at radius 1 is 1.29 bits per heavy atom. The fraction of sp³-hybridized carbons (Fsp3) is 0.667. The number of halogens is 1. The van der Waals surface area contributed by atoms with Crippen LogP contribution in [0.2, 0.25) is 0 Å². The molecule has 0 aliphatic carbocycles. The van der Waals surface area contributed by atoms with Crippen molar-refractivity contribution in [2.75, 3.05) is 26.2 Å². The van der Waals surface area contributed by atoms with Gasteiger partial charge in [-0.1, -0.05) is 48.0 Å². The normalized spacial score (nSPS) is 22.0. The van der Waals surface area contributed by atoms with Crippen LogP contribution in [0.4, 0.5) is 0 Å². The molecule has 1 aromatic carbocycles. The third kappa shape index (κ3) is 5.39. The molecule has 0 radical (unpaired) electrons. The Balaban J connectivity index is 1.92. The second kappa shape index (κ2) is 8.92. The molecule has 21 heavy (non-hydrogen) atoms. The van der Waals surface area contributed by atoms with Gasteiger partial charge in [-0.2, -0.15) is 0 Å². The minimum Gasteiger partial charge on any atom is -0.310 e. The summed E-state index contributed by atoms with van der Waals surface area (Å²) in [6.45, 7) is 9.35. The Labute approximate surface area is 138 Å². The van der Waals surface area contributed by atoms with Crippen LogP contribution in [0.25, 0.3) is 0 Å². The molecule has 2 atom stereocenters. The number of hydrogen-bond donors (Lipinski definition) is 1. The van der Waals surface area contributed by atoms with Crippen molar-refractivity contribution < 1.29 is 0 Å². The standard InChI is InChI=1S/C18H29BrN2/c1-3-20-18(16-8-4-5-9-17(16)19)11-14-21-12-6-7-15(2)10-13-21/h4-5,8-9,15,18,20H,3,6-7,10-14H2,1-2H3. The summed E-state index contributed by atoms with van der Waals surface area (Å²) in [6.07, 6.45) is 5.31. The maximum Gasteiger partial charge on any atom is 0.0343 e. The molecule has 2 unspecified atom stereocenters. The van der Waals surface area contributed by atoms with Crippen molar-refractivity contribution in [3.63, 3.8) is 0 Å². The Kier molecular flexibility index (Phi) is 7.21. The summed E-state index contributed by atoms with van der Waals surface area (Å²) in [5.74, 6) is 0.905. The Morgan fingerprint density at radius 2 is 2.10 bits per heavy atom. The molecule has 0 amide bonds. The molecule has 2 rings (SSSR count). The molecule has 0 spiro atoms. The average molecular weight is 353 g/mol. The molecular weight excluding hydrogens is 324 g/mol. The quantitative estimate of drug-likeness (QED) is 0.803. The predicted octanol–water partition coefficient (Wildman–Crippen LogP) is 4.61. The molecule has 1 heterocycles. The second-order valence-electron chi connectivity index (χ2n) is 6.30. The lowest BCUT2D eigenvalue weighted by molar-refractivity contribution is 0.264. The smallest absolute Gasteiger partial charge is 0.0343 e. The van der Waals surface area contributed by atoms with Crippen LogP contribution in [0.1, 0.15) is 51.1 Å². The number of hydrogen-bond acceptors (Lipinski definition) is 2. The summed E-state index contributed by atoms with van der Waals surface area (Å²) >= 11 is 3.70. The highest BCUT2D eigenvalue weighted by atomic mass is 79.9. The Bertz CT molecular complexity index is 421. The highest BCUT2D eigenvalue weighted by Crippen LogP contribution is 2.26. The molecule has 2 nitrogen and oxygen atoms in total. The van der Waals surface area contributed by atoms with Gasteiger partial charge in [0.05, 0.1) is 0 Å². The highest BCUT2D eigenvalue weighted by molar-refractivity contribution is 9.10. The maximum atomic E-state index is 3.70. The number of rotatable bonds is 6. The largest absolute Gasteiger partial charge is 0.310 e. The zero-order valence-electron chi connectivity index (χ0n) is 13.4. The van der Waals surface area contributed by atoms with Crippen molar-refractivity contribution in [3.8, 4) is 0 Å². The number of benzene rings is 1. The van der Waals surface area contributed by atoms with Crippen molar-refractivity contribution in [1.29, 1.82) is 0 Å². The molecular formula is C18H29BrN2. The first-order valence-corrected chi connectivity index (χ1v) is 9.20. The molecule has 0 bridgehead atoms. The first-order chi connectivity index (χ1) is 10.2. The third-order valence-electron chi connectivity index (χ3n) is 4.57. The van der Waals surface area contributed by atoms with E-state index < -0.39 is 0 Å². The topological polar surface area (TPSA) is 15.3 Å². The van der Waals surface area contributed by atoms with Crippen molar-refractivity contribution in [1.82, 2.24) is 10.2 Å². The van der Waals surface area contributed by atoms with Crippen molar-refractivity contribution in [2.45, 2.75) is 45.6 Å². The van der Waals surface area contributed by atoms with Crippen molar-refractivity contribution >= 4 is 15.9 Å². The molecule has 1 aliphatic rings. The van der Waals surface area contributed by atoms with Crippen LogP contribution < -0.4 is 5.32 Å². The van der Waals surface area contributed by atoms with Gasteiger partial charge in [0.15, 0.2) is 0 Å². The van der Waals surface area contributed by atoms with Gasteiger partial charge < -0.3 is 10.2 Å². The first-order valence-electron chi connectivity index (χ1n) is 8.41. The van der Waals surface area contributed by atoms with E-state index in [1.807, 2.05) is 0 Å². The lowest BCUT2D eigenvalue weighted by Crippen LogP contribution is -2.30. The predicted molar refractivity (Wildman–Crippen MR) is 94.6 cm³/mol. The molecule has 0 saturated carbocycles. The summed E-state index contributed by atoms with van der Waals surface area (Å²) in [4.78, 5) is 2.66. The lowest BCUT2D eigenvalue weighted by atomic mass is 10.0. The monoisotopic (exact) mass is 352 g/mol. The molecule has 1 N–H and O–H groups in total. The molecule has 1 fully saturated rings. The highest BCUT2D eigenvalue weighted by Gasteiger charge is 2.17. The van der Waals surface area contributed by atoms with Gasteiger partial charge in [0, 0.05) is 10.5 Å². The van der Waals surface area contributed by atoms with Gasteiger partial charge in [0.1, 0.15) is 0 Å². The number of likely N-dealkylation sites (tertiary alicyclic amines) is 1. The van der Waals surface area contributed by atoms with Crippen LogP contribution in [0.15, 0.2) is 28.7 Å². The summed E-state index contributed by atoms with van der Waals surface area (Å²) in [7, 11) is 0. The Morgan fingerprint density at radius 3 is 2.86 bits per heavy atom. The van der Waals surface area contributed by atoms with E-state index >= 15 is 0 Å². The van der Waals surface area contributed by atoms with Crippen LogP contribution in [0.5, 0.6) is 0 Å². The summed E-state index contributed by atoms with van der Waals surface area (Å²) in [6, 6.07) is 9.06. The van der Waals surface area contributed by atoms with E-state index in [0.717, 1.165) is 12.5 Å². The molecule has 1 aromatic rings. The minimum atomic E-state index is 0.450. The van der Waals surface area contributed by atoms with Gasteiger partial charge in [-0.15, -0.1) is 0 Å². The van der Waals surface area contributed by atoms with E-state index in [4.69, 9.17) is 0 Å². The summed E-state index contributed by atoms with van der Waals surface area (Å²) < 4.78 is 1.22. The molecule has 0 aromatic heterocycles. The summed E-state index contributed by atoms with van der Waals surface area (Å²) in [5, 5.41) is 3.65. The minimum absolute atomic E-state index is 0.450. The fourth-order valence-electron chi connectivity index (χ4n) is 3.23. The lowest BCUT2D eigenvalue weighted by Gasteiger charge is -2.25. The van der Waals surface area contributed by atoms with Gasteiger partial charge in [0.2, 0.25) is 0 Å². The first kappa shape index (κ1) is 17.0. The van der Waals surface area contributed by atoms with Crippen LogP contribution >= 0.6 is 15.9 Å². The van der Waals surface area contributed by atoms with Gasteiger partial charge >= 0.3 is 0 Å². The number of nitrogens with one attached hydrogen (secondary N) is 1. The van der Waals surface area contributed by atoms with Gasteiger partial charge in [-0.05, 0) is 69.4 Å². The average Bonchev–Trinajstić information content (AvgIpc) is 2.69. The van der Waals surface area contributed by atoms with Crippen LogP contribution in [-0.4, -0.2) is 31.1 Å². The van der Waals surface area contributed by atoms with E-state index in [1.54, 1.807) is 0 Å². The van der Waals surface area contributed by atoms with Crippen LogP contribution in [0.3, 0.4) is 0 Å². The molecule has 3 heteroatoms. The van der Waals surface area contributed by atoms with E-state index in [1.165, 1.54) is 55.4 Å². The van der Waals surface area contributed by atoms with E-state index in [2.05, 4.69) is 64.3 Å². The van der Waals surface area contributed by atoms with Gasteiger partial charge in [0.25, 0.3) is 0 Å². The molecule has 118 valence electrons. The number of nitrogens with zero attached hydrogens (tertiary/aromatic N) is 1. The van der Waals surface area contributed by atoms with Crippen LogP contribution in [-0.2, 0) is 0 Å². The van der Waals surface area contributed by atoms with Crippen molar-refractivity contribution in [3.05, 3.63) is 34.3 Å². The van der Waals surface area contributed by atoms with Gasteiger partial charge in [-0.3, -0.25) is 0 Å². The van der Waals surface area contributed by atoms with Crippen molar-refractivity contribution in [2.24, 2.45) is 5.92 Å². The zero-order valence-corrected chi connectivity index (χ0v) is 15.0. The molecule has 1 saturated heterocycles. The Hall–Kier alpha value is -0.380. The second-order valence-corrected chi connectivity index (χ2v) is 7.15. The third-order valence-corrected chi connectivity index (χ3v) is 5.30. The molecule has 1 aliphatic heterocycles.